The third-order valence-corrected chi connectivity index (χ3v) is 8.21. The van der Waals surface area contributed by atoms with Crippen molar-refractivity contribution in [1.82, 2.24) is 30.1 Å². The summed E-state index contributed by atoms with van der Waals surface area (Å²) in [6.07, 6.45) is 12.3. The normalized spacial score (nSPS) is 18.9. The first kappa shape index (κ1) is 25.2. The fourth-order valence-electron chi connectivity index (χ4n) is 4.91. The molecular formula is C27H26F2N8OS. The summed E-state index contributed by atoms with van der Waals surface area (Å²) >= 11 is 1.25. The van der Waals surface area contributed by atoms with Crippen molar-refractivity contribution in [3.8, 4) is 34.3 Å². The minimum Gasteiger partial charge on any atom is -0.382 e. The number of anilines is 2. The van der Waals surface area contributed by atoms with E-state index in [0.717, 1.165) is 41.0 Å². The van der Waals surface area contributed by atoms with E-state index in [1.807, 2.05) is 24.3 Å². The molecule has 0 radical (unpaired) electrons. The average Bonchev–Trinajstić information content (AvgIpc) is 3.54. The lowest BCUT2D eigenvalue weighted by atomic mass is 9.92. The standard InChI is InChI=1S/C27H26F2N8OS/c1-3-17-11-19-7-8-23(37(19)31-13-17)22-12-21(33-18-5-4-6-18)20(14-30-22)25-34-35-26(39-25)36-10-9-24(32-16(2)38)27(28,29)15-36/h1,7-8,11-14,18,24H,4-6,9-10,15H2,2H3,(H,30,33)(H,32,38)/t24-/m0/s1. The Morgan fingerprint density at radius 1 is 1.21 bits per heavy atom. The van der Waals surface area contributed by atoms with E-state index < -0.39 is 24.4 Å². The molecule has 0 unspecified atom stereocenters. The number of piperidine rings is 1. The number of halogens is 2. The van der Waals surface area contributed by atoms with E-state index in [2.05, 4.69) is 31.9 Å². The Kier molecular flexibility index (Phi) is 6.38. The van der Waals surface area contributed by atoms with Crippen LogP contribution in [0.25, 0.3) is 27.5 Å². The number of nitrogens with zero attached hydrogens (tertiary/aromatic N) is 6. The van der Waals surface area contributed by atoms with Crippen molar-refractivity contribution >= 4 is 33.6 Å². The maximum atomic E-state index is 14.7. The molecule has 6 rings (SSSR count). The van der Waals surface area contributed by atoms with Crippen LogP contribution in [0.4, 0.5) is 19.6 Å². The molecule has 1 aliphatic carbocycles. The predicted octanol–water partition coefficient (Wildman–Crippen LogP) is 4.21. The maximum Gasteiger partial charge on any atom is 0.285 e. The number of aromatic nitrogens is 5. The first-order valence-electron chi connectivity index (χ1n) is 12.8. The van der Waals surface area contributed by atoms with Crippen LogP contribution < -0.4 is 15.5 Å². The zero-order chi connectivity index (χ0) is 27.1. The van der Waals surface area contributed by atoms with Crippen LogP contribution in [0.15, 0.2) is 36.7 Å². The second-order valence-corrected chi connectivity index (χ2v) is 10.9. The smallest absolute Gasteiger partial charge is 0.285 e. The highest BCUT2D eigenvalue weighted by Gasteiger charge is 2.46. The lowest BCUT2D eigenvalue weighted by molar-refractivity contribution is -0.124. The van der Waals surface area contributed by atoms with Crippen LogP contribution in [-0.4, -0.2) is 61.8 Å². The number of hydrogen-bond donors (Lipinski definition) is 2. The Labute approximate surface area is 227 Å². The van der Waals surface area contributed by atoms with Crippen LogP contribution in [0.1, 0.15) is 38.2 Å². The van der Waals surface area contributed by atoms with Gasteiger partial charge in [0, 0.05) is 37.0 Å². The molecule has 1 atom stereocenters. The molecule has 5 heterocycles. The summed E-state index contributed by atoms with van der Waals surface area (Å²) in [6.45, 7) is 1.06. The minimum atomic E-state index is -3.08. The highest BCUT2D eigenvalue weighted by molar-refractivity contribution is 7.18. The third-order valence-electron chi connectivity index (χ3n) is 7.19. The molecule has 0 spiro atoms. The van der Waals surface area contributed by atoms with Crippen molar-refractivity contribution in [3.63, 3.8) is 0 Å². The van der Waals surface area contributed by atoms with Gasteiger partial charge in [-0.25, -0.2) is 13.3 Å². The van der Waals surface area contributed by atoms with Crippen molar-refractivity contribution in [3.05, 3.63) is 42.2 Å². The fourth-order valence-corrected chi connectivity index (χ4v) is 5.80. The van der Waals surface area contributed by atoms with E-state index in [1.54, 1.807) is 16.9 Å². The van der Waals surface area contributed by atoms with Gasteiger partial charge in [-0.15, -0.1) is 16.6 Å². The average molecular weight is 549 g/mol. The van der Waals surface area contributed by atoms with E-state index in [9.17, 15) is 13.6 Å². The van der Waals surface area contributed by atoms with Crippen LogP contribution in [0.5, 0.6) is 0 Å². The Morgan fingerprint density at radius 2 is 2.05 bits per heavy atom. The molecule has 2 fully saturated rings. The number of alkyl halides is 2. The van der Waals surface area contributed by atoms with E-state index >= 15 is 0 Å². The lowest BCUT2D eigenvalue weighted by Crippen LogP contribution is -2.58. The highest BCUT2D eigenvalue weighted by atomic mass is 32.1. The predicted molar refractivity (Wildman–Crippen MR) is 146 cm³/mol. The number of nitrogens with one attached hydrogen (secondary N) is 2. The summed E-state index contributed by atoms with van der Waals surface area (Å²) in [5.74, 6) is -0.939. The molecule has 1 saturated heterocycles. The van der Waals surface area contributed by atoms with Gasteiger partial charge in [-0.05, 0) is 49.9 Å². The molecule has 1 saturated carbocycles. The molecule has 2 aliphatic rings. The van der Waals surface area contributed by atoms with Crippen molar-refractivity contribution < 1.29 is 13.6 Å². The van der Waals surface area contributed by atoms with Crippen LogP contribution in [0.3, 0.4) is 0 Å². The topological polar surface area (TPSA) is 100 Å². The zero-order valence-corrected chi connectivity index (χ0v) is 22.0. The Hall–Kier alpha value is -4.11. The molecule has 39 heavy (non-hydrogen) atoms. The summed E-state index contributed by atoms with van der Waals surface area (Å²) in [5.41, 5.74) is 4.74. The Bertz CT molecular complexity index is 1590. The van der Waals surface area contributed by atoms with Crippen molar-refractivity contribution in [2.75, 3.05) is 23.3 Å². The van der Waals surface area contributed by atoms with E-state index in [0.29, 0.717) is 28.3 Å². The van der Waals surface area contributed by atoms with Crippen LogP contribution in [0, 0.1) is 12.3 Å². The molecule has 0 bridgehead atoms. The number of rotatable bonds is 6. The summed E-state index contributed by atoms with van der Waals surface area (Å²) in [7, 11) is 0. The van der Waals surface area contributed by atoms with E-state index in [-0.39, 0.29) is 6.42 Å². The van der Waals surface area contributed by atoms with Gasteiger partial charge >= 0.3 is 0 Å². The molecule has 4 aromatic rings. The second-order valence-electron chi connectivity index (χ2n) is 9.95. The van der Waals surface area contributed by atoms with Gasteiger partial charge in [0.25, 0.3) is 5.92 Å². The van der Waals surface area contributed by atoms with Crippen LogP contribution >= 0.6 is 11.3 Å². The summed E-state index contributed by atoms with van der Waals surface area (Å²) in [4.78, 5) is 17.6. The molecule has 0 aromatic carbocycles. The number of hydrogen-bond acceptors (Lipinski definition) is 8. The van der Waals surface area contributed by atoms with Crippen molar-refractivity contribution in [2.45, 2.75) is 50.6 Å². The van der Waals surface area contributed by atoms with Gasteiger partial charge in [-0.2, -0.15) is 5.10 Å². The number of amides is 1. The second kappa shape index (κ2) is 9.89. The van der Waals surface area contributed by atoms with Crippen LogP contribution in [0.2, 0.25) is 0 Å². The van der Waals surface area contributed by atoms with Gasteiger partial charge < -0.3 is 15.5 Å². The van der Waals surface area contributed by atoms with E-state index in [4.69, 9.17) is 11.4 Å². The fraction of sp³-hybridized carbons (Fsp3) is 0.370. The zero-order valence-electron chi connectivity index (χ0n) is 21.2. The van der Waals surface area contributed by atoms with Gasteiger partial charge in [0.2, 0.25) is 11.0 Å². The molecule has 12 heteroatoms. The number of carbonyl (C=O) groups is 1. The number of carbonyl (C=O) groups excluding carboxylic acids is 1. The third kappa shape index (κ3) is 4.90. The Balaban J connectivity index is 1.30. The van der Waals surface area contributed by atoms with Gasteiger partial charge in [0.15, 0.2) is 5.01 Å². The molecule has 200 valence electrons. The number of pyridine rings is 1. The minimum absolute atomic E-state index is 0.119. The van der Waals surface area contributed by atoms with Gasteiger partial charge in [-0.1, -0.05) is 17.3 Å². The van der Waals surface area contributed by atoms with Gasteiger partial charge in [0.1, 0.15) is 0 Å². The molecule has 1 amide bonds. The first-order chi connectivity index (χ1) is 18.8. The SMILES string of the molecule is C#Cc1cnn2c(-c3cc(NC4CCC4)c(-c4nnc(N5CC[C@H](NC(C)=O)C(F)(F)C5)s4)cn3)ccc2c1. The lowest BCUT2D eigenvalue weighted by Gasteiger charge is -2.38. The van der Waals surface area contributed by atoms with Crippen molar-refractivity contribution in [2.24, 2.45) is 0 Å². The quantitative estimate of drug-likeness (QED) is 0.348. The maximum absolute atomic E-state index is 14.7. The largest absolute Gasteiger partial charge is 0.382 e. The van der Waals surface area contributed by atoms with Crippen LogP contribution in [-0.2, 0) is 4.79 Å². The molecular weight excluding hydrogens is 522 g/mol. The van der Waals surface area contributed by atoms with Gasteiger partial charge in [-0.3, -0.25) is 9.78 Å². The first-order valence-corrected chi connectivity index (χ1v) is 13.6. The molecule has 9 nitrogen and oxygen atoms in total. The molecule has 4 aromatic heterocycles. The highest BCUT2D eigenvalue weighted by Crippen LogP contribution is 2.39. The van der Waals surface area contributed by atoms with Gasteiger partial charge in [0.05, 0.1) is 41.3 Å². The summed E-state index contributed by atoms with van der Waals surface area (Å²) in [5, 5.41) is 20.0. The summed E-state index contributed by atoms with van der Waals surface area (Å²) in [6, 6.07) is 6.92. The molecule has 2 N–H and O–H groups in total. The number of terminal acetylenes is 1. The Morgan fingerprint density at radius 3 is 2.77 bits per heavy atom. The van der Waals surface area contributed by atoms with E-state index in [1.165, 1.54) is 29.6 Å². The summed E-state index contributed by atoms with van der Waals surface area (Å²) < 4.78 is 31.3. The number of fused-ring (bicyclic) bond motifs is 1. The molecule has 1 aliphatic heterocycles. The monoisotopic (exact) mass is 548 g/mol. The van der Waals surface area contributed by atoms with Crippen molar-refractivity contribution in [1.29, 1.82) is 0 Å².